The van der Waals surface area contributed by atoms with Crippen LogP contribution in [0.15, 0.2) is 92.6 Å². The molecule has 34 heavy (non-hydrogen) atoms. The molecule has 0 saturated carbocycles. The normalized spacial score (nSPS) is 12.4. The minimum Gasteiger partial charge on any atom is -0.858 e. The first-order valence-electron chi connectivity index (χ1n) is 8.71. The monoisotopic (exact) mass is 520 g/mol. The largest absolute Gasteiger partial charge is 1.00 e. The summed E-state index contributed by atoms with van der Waals surface area (Å²) in [5.41, 5.74) is -0.0212. The predicted octanol–water partition coefficient (Wildman–Crippen LogP) is -4.93. The second kappa shape index (κ2) is 12.4. The molecule has 10 nitrogen and oxygen atoms in total. The Bertz CT molecular complexity index is 1350. The summed E-state index contributed by atoms with van der Waals surface area (Å²) in [5.74, 6) is -1.55. The van der Waals surface area contributed by atoms with E-state index < -0.39 is 41.8 Å². The van der Waals surface area contributed by atoms with E-state index in [1.165, 1.54) is 48.5 Å². The summed E-state index contributed by atoms with van der Waals surface area (Å²) in [5, 5.41) is 24.9. The van der Waals surface area contributed by atoms with E-state index >= 15 is 0 Å². The first-order valence-corrected chi connectivity index (χ1v) is 11.6. The fraction of sp³-hybridized carbons (Fsp3) is 0. The van der Waals surface area contributed by atoms with Crippen LogP contribution >= 0.6 is 0 Å². The van der Waals surface area contributed by atoms with Crippen LogP contribution in [0.2, 0.25) is 0 Å². The number of aliphatic imine (C=N–C) groups is 2. The van der Waals surface area contributed by atoms with Gasteiger partial charge in [0.25, 0.3) is 20.2 Å². The maximum Gasteiger partial charge on any atom is 1.00 e. The number of benzene rings is 3. The van der Waals surface area contributed by atoms with Crippen molar-refractivity contribution in [1.82, 2.24) is 0 Å². The Morgan fingerprint density at radius 2 is 0.971 bits per heavy atom. The van der Waals surface area contributed by atoms with Crippen molar-refractivity contribution in [2.45, 2.75) is 9.79 Å². The van der Waals surface area contributed by atoms with Gasteiger partial charge in [0, 0.05) is 0 Å². The summed E-state index contributed by atoms with van der Waals surface area (Å²) in [6, 6.07) is 15.0. The summed E-state index contributed by atoms with van der Waals surface area (Å²) < 4.78 is 63.1. The molecule has 3 aromatic carbocycles. The standard InChI is InChI=1S/C20H16N2O8S2.2Na/c23-19(21-15-6-2-8-17(11-15)31(25,26)27)13-4-1-5-14(10-13)20(24)22-16-7-3-9-18(12-16)32(28,29)30;;/h1-12H,(H,21,23)(H,22,24)(H,25,26,27)(H,28,29,30);;/q;2*+1/p-2. The van der Waals surface area contributed by atoms with Crippen LogP contribution < -0.4 is 69.3 Å². The van der Waals surface area contributed by atoms with Crippen LogP contribution in [-0.2, 0) is 20.2 Å². The van der Waals surface area contributed by atoms with E-state index in [1.54, 1.807) is 0 Å². The maximum atomic E-state index is 12.4. The molecular formula is C20H14N2Na2O8S2. The van der Waals surface area contributed by atoms with E-state index in [0.717, 1.165) is 24.3 Å². The SMILES string of the molecule is O=S(=O)(O)c1cccc(N=C([O-])c2cccc(C([O-])=Nc3cccc(S(=O)(=O)O)c3)c2)c1.[Na+].[Na+]. The van der Waals surface area contributed by atoms with Crippen LogP contribution in [0.1, 0.15) is 11.1 Å². The molecule has 0 aliphatic carbocycles. The molecule has 3 aromatic rings. The molecule has 0 aromatic heterocycles. The molecule has 0 bridgehead atoms. The second-order valence-electron chi connectivity index (χ2n) is 6.36. The molecule has 0 aliphatic heterocycles. The quantitative estimate of drug-likeness (QED) is 0.140. The summed E-state index contributed by atoms with van der Waals surface area (Å²) in [7, 11) is -8.94. The van der Waals surface area contributed by atoms with Gasteiger partial charge in [0.1, 0.15) is 0 Å². The Kier molecular flexibility index (Phi) is 11.1. The zero-order valence-electron chi connectivity index (χ0n) is 18.0. The van der Waals surface area contributed by atoms with Crippen LogP contribution in [0.4, 0.5) is 11.4 Å². The Balaban J connectivity index is 0.00000289. The van der Waals surface area contributed by atoms with Crippen LogP contribution in [0.25, 0.3) is 0 Å². The molecule has 0 unspecified atom stereocenters. The van der Waals surface area contributed by atoms with Crippen molar-refractivity contribution in [3.63, 3.8) is 0 Å². The van der Waals surface area contributed by atoms with Crippen LogP contribution in [0.5, 0.6) is 0 Å². The van der Waals surface area contributed by atoms with Crippen molar-refractivity contribution in [3.8, 4) is 0 Å². The molecule has 14 heteroatoms. The van der Waals surface area contributed by atoms with Gasteiger partial charge in [-0.3, -0.25) is 19.1 Å². The molecule has 0 fully saturated rings. The zero-order valence-corrected chi connectivity index (χ0v) is 23.6. The van der Waals surface area contributed by atoms with Gasteiger partial charge in [0.05, 0.1) is 21.2 Å². The summed E-state index contributed by atoms with van der Waals surface area (Å²) >= 11 is 0. The topological polar surface area (TPSA) is 180 Å². The van der Waals surface area contributed by atoms with Gasteiger partial charge in [-0.15, -0.1) is 0 Å². The van der Waals surface area contributed by atoms with E-state index in [4.69, 9.17) is 9.11 Å². The molecular weight excluding hydrogens is 506 g/mol. The van der Waals surface area contributed by atoms with Crippen molar-refractivity contribution in [2.24, 2.45) is 9.98 Å². The molecule has 0 heterocycles. The van der Waals surface area contributed by atoms with E-state index in [9.17, 15) is 27.0 Å². The third kappa shape index (κ3) is 8.27. The van der Waals surface area contributed by atoms with Crippen LogP contribution in [0, 0.1) is 0 Å². The van der Waals surface area contributed by atoms with Gasteiger partial charge in [-0.25, -0.2) is 0 Å². The fourth-order valence-electron chi connectivity index (χ4n) is 2.58. The molecule has 0 atom stereocenters. The van der Waals surface area contributed by atoms with Crippen LogP contribution in [-0.4, -0.2) is 37.7 Å². The summed E-state index contributed by atoms with van der Waals surface area (Å²) in [6.45, 7) is 0. The zero-order chi connectivity index (χ0) is 23.5. The molecule has 166 valence electrons. The van der Waals surface area contributed by atoms with Crippen molar-refractivity contribution in [2.75, 3.05) is 0 Å². The Labute approximate surface area is 240 Å². The number of rotatable bonds is 6. The third-order valence-corrected chi connectivity index (χ3v) is 5.75. The average Bonchev–Trinajstić information content (AvgIpc) is 2.73. The van der Waals surface area contributed by atoms with Gasteiger partial charge in [-0.1, -0.05) is 30.3 Å². The van der Waals surface area contributed by atoms with Gasteiger partial charge in [-0.2, -0.15) is 16.8 Å². The van der Waals surface area contributed by atoms with Gasteiger partial charge in [0.15, 0.2) is 0 Å². The van der Waals surface area contributed by atoms with E-state index in [1.807, 2.05) is 0 Å². The first kappa shape index (κ1) is 30.5. The maximum absolute atomic E-state index is 12.4. The van der Waals surface area contributed by atoms with Gasteiger partial charge < -0.3 is 10.2 Å². The minimum atomic E-state index is -4.47. The molecule has 3 rings (SSSR count). The number of nitrogens with zero attached hydrogens (tertiary/aromatic N) is 2. The van der Waals surface area contributed by atoms with E-state index in [2.05, 4.69) is 9.98 Å². The van der Waals surface area contributed by atoms with E-state index in [0.29, 0.717) is 0 Å². The molecule has 0 amide bonds. The Morgan fingerprint density at radius 3 is 1.32 bits per heavy atom. The molecule has 2 N–H and O–H groups in total. The average molecular weight is 520 g/mol. The Morgan fingerprint density at radius 1 is 0.618 bits per heavy atom. The second-order valence-corrected chi connectivity index (χ2v) is 9.20. The van der Waals surface area contributed by atoms with Crippen molar-refractivity contribution in [1.29, 1.82) is 0 Å². The van der Waals surface area contributed by atoms with Crippen molar-refractivity contribution >= 4 is 43.4 Å². The minimum absolute atomic E-state index is 0. The van der Waals surface area contributed by atoms with Gasteiger partial charge in [-0.05, 0) is 65.4 Å². The van der Waals surface area contributed by atoms with Crippen molar-refractivity contribution in [3.05, 3.63) is 83.9 Å². The molecule has 0 spiro atoms. The summed E-state index contributed by atoms with van der Waals surface area (Å²) in [4.78, 5) is 6.69. The third-order valence-electron chi connectivity index (χ3n) is 4.05. The van der Waals surface area contributed by atoms with Crippen molar-refractivity contribution < 1.29 is 95.3 Å². The predicted molar refractivity (Wildman–Crippen MR) is 111 cm³/mol. The summed E-state index contributed by atoms with van der Waals surface area (Å²) in [6.07, 6.45) is 0. The Hall–Kier alpha value is -1.58. The fourth-order valence-corrected chi connectivity index (χ4v) is 3.62. The number of hydrogen-bond donors (Lipinski definition) is 2. The first-order chi connectivity index (χ1) is 14.9. The molecule has 0 radical (unpaired) electrons. The smallest absolute Gasteiger partial charge is 0.858 e. The van der Waals surface area contributed by atoms with Gasteiger partial charge in [0.2, 0.25) is 0 Å². The molecule has 0 saturated heterocycles. The molecule has 0 aliphatic rings. The number of hydrogen-bond acceptors (Lipinski definition) is 8. The van der Waals surface area contributed by atoms with E-state index in [-0.39, 0.29) is 81.6 Å². The van der Waals surface area contributed by atoms with Crippen LogP contribution in [0.3, 0.4) is 0 Å². The van der Waals surface area contributed by atoms with Gasteiger partial charge >= 0.3 is 59.1 Å².